The van der Waals surface area contributed by atoms with Gasteiger partial charge in [-0.3, -0.25) is 14.5 Å². The molecule has 2 heterocycles. The van der Waals surface area contributed by atoms with Gasteiger partial charge in [0.25, 0.3) is 5.78 Å². The Morgan fingerprint density at radius 3 is 2.44 bits per heavy atom. The number of hydrogen-bond acceptors (Lipinski definition) is 9. The highest BCUT2D eigenvalue weighted by molar-refractivity contribution is 8.00. The molecule has 216 valence electrons. The minimum atomic E-state index is -0.905. The van der Waals surface area contributed by atoms with E-state index in [-0.39, 0.29) is 16.5 Å². The van der Waals surface area contributed by atoms with E-state index < -0.39 is 17.7 Å². The highest BCUT2D eigenvalue weighted by Crippen LogP contribution is 2.45. The minimum Gasteiger partial charge on any atom is -0.507 e. The lowest BCUT2D eigenvalue weighted by Crippen LogP contribution is -2.29. The molecule has 0 saturated carbocycles. The third-order valence-electron chi connectivity index (χ3n) is 7.33. The zero-order chi connectivity index (χ0) is 30.1. The first-order valence-corrected chi connectivity index (χ1v) is 15.2. The molecule has 1 aromatic heterocycles. The summed E-state index contributed by atoms with van der Waals surface area (Å²) in [5.74, 6) is -0.397. The van der Waals surface area contributed by atoms with Gasteiger partial charge in [0.2, 0.25) is 5.13 Å². The Morgan fingerprint density at radius 2 is 1.67 bits per heavy atom. The van der Waals surface area contributed by atoms with Crippen LogP contribution >= 0.6 is 23.1 Å². The van der Waals surface area contributed by atoms with Crippen LogP contribution in [0.25, 0.3) is 16.5 Å². The van der Waals surface area contributed by atoms with Crippen LogP contribution in [0.4, 0.5) is 5.13 Å². The predicted octanol–water partition coefficient (Wildman–Crippen LogP) is 6.94. The van der Waals surface area contributed by atoms with Crippen LogP contribution in [0.2, 0.25) is 0 Å². The second-order valence-electron chi connectivity index (χ2n) is 9.93. The number of ketones is 1. The number of fused-ring (bicyclic) bond motifs is 1. The smallest absolute Gasteiger partial charge is 0.301 e. The second kappa shape index (κ2) is 11.9. The number of ether oxygens (including phenoxy) is 2. The number of benzene rings is 4. The van der Waals surface area contributed by atoms with E-state index in [1.54, 1.807) is 18.2 Å². The fraction of sp³-hybridized carbons (Fsp3) is 0.152. The molecule has 1 fully saturated rings. The molecule has 1 aliphatic heterocycles. The summed E-state index contributed by atoms with van der Waals surface area (Å²) in [5, 5.41) is 22.8. The fourth-order valence-electron chi connectivity index (χ4n) is 5.15. The number of carbonyl (C=O) groups is 2. The quantitative estimate of drug-likeness (QED) is 0.0664. The second-order valence-corrected chi connectivity index (χ2v) is 12.1. The molecule has 0 spiro atoms. The molecular formula is C33H27N3O5S2. The Balaban J connectivity index is 1.38. The van der Waals surface area contributed by atoms with Crippen LogP contribution in [0.15, 0.2) is 94.8 Å². The number of Topliss-reactive ketones (excluding diaryl/α,β-unsaturated/α-hetero) is 1. The summed E-state index contributed by atoms with van der Waals surface area (Å²) in [7, 11) is 3.00. The van der Waals surface area contributed by atoms with Crippen LogP contribution in [0.1, 0.15) is 28.3 Å². The molecule has 1 atom stereocenters. The molecule has 1 N–H and O–H groups in total. The number of aliphatic hydroxyl groups is 1. The minimum absolute atomic E-state index is 0.0405. The first kappa shape index (κ1) is 28.4. The lowest BCUT2D eigenvalue weighted by Gasteiger charge is -2.22. The van der Waals surface area contributed by atoms with Gasteiger partial charge in [0.15, 0.2) is 15.8 Å². The zero-order valence-corrected chi connectivity index (χ0v) is 25.2. The maximum atomic E-state index is 13.6. The number of nitrogens with zero attached hydrogens (tertiary/aromatic N) is 3. The Morgan fingerprint density at radius 1 is 0.930 bits per heavy atom. The van der Waals surface area contributed by atoms with Gasteiger partial charge in [-0.25, -0.2) is 0 Å². The molecule has 43 heavy (non-hydrogen) atoms. The molecule has 10 heteroatoms. The first-order chi connectivity index (χ1) is 20.9. The van der Waals surface area contributed by atoms with Gasteiger partial charge >= 0.3 is 5.91 Å². The van der Waals surface area contributed by atoms with Crippen LogP contribution in [0.3, 0.4) is 0 Å². The van der Waals surface area contributed by atoms with Gasteiger partial charge < -0.3 is 14.6 Å². The monoisotopic (exact) mass is 609 g/mol. The van der Waals surface area contributed by atoms with Crippen molar-refractivity contribution < 1.29 is 24.2 Å². The molecule has 8 nitrogen and oxygen atoms in total. The van der Waals surface area contributed by atoms with E-state index in [9.17, 15) is 14.7 Å². The van der Waals surface area contributed by atoms with Crippen LogP contribution < -0.4 is 14.4 Å². The summed E-state index contributed by atoms with van der Waals surface area (Å²) in [4.78, 5) is 28.5. The van der Waals surface area contributed by atoms with Gasteiger partial charge in [-0.2, -0.15) is 0 Å². The summed E-state index contributed by atoms with van der Waals surface area (Å²) in [6.45, 7) is 1.95. The Kier molecular flexibility index (Phi) is 7.88. The zero-order valence-electron chi connectivity index (χ0n) is 23.6. The van der Waals surface area contributed by atoms with E-state index in [0.29, 0.717) is 32.7 Å². The van der Waals surface area contributed by atoms with Crippen molar-refractivity contribution in [3.05, 3.63) is 113 Å². The Hall–Kier alpha value is -4.67. The molecule has 5 aromatic rings. The normalized spacial score (nSPS) is 16.2. The lowest BCUT2D eigenvalue weighted by atomic mass is 9.95. The fourth-order valence-corrected chi connectivity index (χ4v) is 7.02. The molecule has 1 saturated heterocycles. The van der Waals surface area contributed by atoms with E-state index in [0.717, 1.165) is 16.5 Å². The molecular weight excluding hydrogens is 583 g/mol. The Bertz CT molecular complexity index is 1880. The van der Waals surface area contributed by atoms with E-state index in [1.165, 1.54) is 47.6 Å². The number of anilines is 1. The molecule has 1 aliphatic rings. The summed E-state index contributed by atoms with van der Waals surface area (Å²) < 4.78 is 11.4. The maximum Gasteiger partial charge on any atom is 0.301 e. The molecule has 0 aliphatic carbocycles. The SMILES string of the molecule is COc1ccc(C(O)=C2C(=O)C(=O)N(c3nnc(SCc4cccc5ccccc45)s3)C2c2ccc(C)cc2)cc1OC. The van der Waals surface area contributed by atoms with Crippen LogP contribution in [0, 0.1) is 6.92 Å². The van der Waals surface area contributed by atoms with Gasteiger partial charge in [-0.1, -0.05) is 95.4 Å². The number of thioether (sulfide) groups is 1. The highest BCUT2D eigenvalue weighted by Gasteiger charge is 2.48. The third-order valence-corrected chi connectivity index (χ3v) is 9.43. The van der Waals surface area contributed by atoms with Gasteiger partial charge in [0.1, 0.15) is 5.76 Å². The molecule has 1 amide bonds. The molecule has 0 radical (unpaired) electrons. The molecule has 6 rings (SSSR count). The molecule has 0 bridgehead atoms. The summed E-state index contributed by atoms with van der Waals surface area (Å²) in [6.07, 6.45) is 0. The summed E-state index contributed by atoms with van der Waals surface area (Å²) in [5.41, 5.74) is 3.11. The van der Waals surface area contributed by atoms with Crippen LogP contribution in [-0.4, -0.2) is 41.2 Å². The highest BCUT2D eigenvalue weighted by atomic mass is 32.2. The topological polar surface area (TPSA) is 102 Å². The van der Waals surface area contributed by atoms with Crippen molar-refractivity contribution in [3.63, 3.8) is 0 Å². The number of hydrogen-bond donors (Lipinski definition) is 1. The average Bonchev–Trinajstić information content (AvgIpc) is 3.61. The van der Waals surface area contributed by atoms with Crippen molar-refractivity contribution in [1.29, 1.82) is 0 Å². The number of methoxy groups -OCH3 is 2. The van der Waals surface area contributed by atoms with Gasteiger partial charge in [-0.05, 0) is 47.0 Å². The largest absolute Gasteiger partial charge is 0.507 e. The number of aryl methyl sites for hydroxylation is 1. The van der Waals surface area contributed by atoms with E-state index in [1.807, 2.05) is 49.4 Å². The van der Waals surface area contributed by atoms with Crippen molar-refractivity contribution in [3.8, 4) is 11.5 Å². The van der Waals surface area contributed by atoms with Crippen molar-refractivity contribution in [2.75, 3.05) is 19.1 Å². The van der Waals surface area contributed by atoms with E-state index >= 15 is 0 Å². The van der Waals surface area contributed by atoms with Gasteiger partial charge in [-0.15, -0.1) is 10.2 Å². The lowest BCUT2D eigenvalue weighted by molar-refractivity contribution is -0.132. The van der Waals surface area contributed by atoms with Crippen molar-refractivity contribution in [2.45, 2.75) is 23.1 Å². The average molecular weight is 610 g/mol. The number of aliphatic hydroxyl groups excluding tert-OH is 1. The standard InChI is InChI=1S/C33H27N3O5S2/c1-19-11-13-21(14-12-19)28-27(29(37)22-15-16-25(40-2)26(17-22)41-3)30(38)31(39)36(28)32-34-35-33(43-32)42-18-23-9-6-8-20-7-4-5-10-24(20)23/h4-17,28,37H,18H2,1-3H3. The van der Waals surface area contributed by atoms with Gasteiger partial charge in [0, 0.05) is 11.3 Å². The van der Waals surface area contributed by atoms with Crippen molar-refractivity contribution >= 4 is 56.5 Å². The van der Waals surface area contributed by atoms with E-state index in [4.69, 9.17) is 9.47 Å². The predicted molar refractivity (Wildman–Crippen MR) is 169 cm³/mol. The number of amides is 1. The van der Waals surface area contributed by atoms with Crippen molar-refractivity contribution in [1.82, 2.24) is 10.2 Å². The summed E-state index contributed by atoms with van der Waals surface area (Å²) >= 11 is 2.75. The van der Waals surface area contributed by atoms with Gasteiger partial charge in [0.05, 0.1) is 25.8 Å². The summed E-state index contributed by atoms with van der Waals surface area (Å²) in [6, 6.07) is 25.8. The maximum absolute atomic E-state index is 13.6. The number of aromatic nitrogens is 2. The van der Waals surface area contributed by atoms with Crippen LogP contribution in [-0.2, 0) is 15.3 Å². The number of carbonyl (C=O) groups excluding carboxylic acids is 2. The Labute approximate surface area is 256 Å². The molecule has 4 aromatic carbocycles. The number of rotatable bonds is 8. The molecule has 1 unspecified atom stereocenters. The van der Waals surface area contributed by atoms with Crippen molar-refractivity contribution in [2.24, 2.45) is 0 Å². The third kappa shape index (κ3) is 5.35. The van der Waals surface area contributed by atoms with E-state index in [2.05, 4.69) is 34.5 Å². The first-order valence-electron chi connectivity index (χ1n) is 13.4. The van der Waals surface area contributed by atoms with Crippen LogP contribution in [0.5, 0.6) is 11.5 Å².